The Kier molecular flexibility index (Phi) is 5.24. The SMILES string of the molecule is CNc1cccc(C=C(c2ccc(Cl)cc2)c2ccc(Cl)cc2)c1. The number of hydrogen-bond acceptors (Lipinski definition) is 1. The summed E-state index contributed by atoms with van der Waals surface area (Å²) < 4.78 is 0. The van der Waals surface area contributed by atoms with Crippen LogP contribution >= 0.6 is 23.2 Å². The van der Waals surface area contributed by atoms with Crippen molar-refractivity contribution in [1.29, 1.82) is 0 Å². The highest BCUT2D eigenvalue weighted by Gasteiger charge is 2.06. The van der Waals surface area contributed by atoms with E-state index < -0.39 is 0 Å². The van der Waals surface area contributed by atoms with Gasteiger partial charge in [-0.2, -0.15) is 0 Å². The number of benzene rings is 3. The normalized spacial score (nSPS) is 10.3. The first kappa shape index (κ1) is 16.6. The maximum atomic E-state index is 6.04. The molecule has 1 nitrogen and oxygen atoms in total. The quantitative estimate of drug-likeness (QED) is 0.519. The van der Waals surface area contributed by atoms with Crippen LogP contribution in [0.1, 0.15) is 16.7 Å². The topological polar surface area (TPSA) is 12.0 Å². The molecule has 0 aliphatic rings. The van der Waals surface area contributed by atoms with Crippen LogP contribution in [0.15, 0.2) is 72.8 Å². The van der Waals surface area contributed by atoms with Crippen LogP contribution in [-0.4, -0.2) is 7.05 Å². The average molecular weight is 354 g/mol. The number of halogens is 2. The zero-order valence-corrected chi connectivity index (χ0v) is 14.8. The van der Waals surface area contributed by atoms with E-state index in [0.29, 0.717) is 0 Å². The third kappa shape index (κ3) is 4.00. The highest BCUT2D eigenvalue weighted by molar-refractivity contribution is 6.31. The zero-order valence-electron chi connectivity index (χ0n) is 13.3. The third-order valence-electron chi connectivity index (χ3n) is 3.80. The van der Waals surface area contributed by atoms with Gasteiger partial charge < -0.3 is 5.32 Å². The standard InChI is InChI=1S/C21H17Cl2N/c1-24-20-4-2-3-15(13-20)14-21(16-5-9-18(22)10-6-16)17-7-11-19(23)12-8-17/h2-14,24H,1H3. The van der Waals surface area contributed by atoms with Crippen molar-refractivity contribution in [2.75, 3.05) is 12.4 Å². The molecule has 0 bridgehead atoms. The van der Waals surface area contributed by atoms with Crippen LogP contribution in [0.5, 0.6) is 0 Å². The summed E-state index contributed by atoms with van der Waals surface area (Å²) in [6.45, 7) is 0. The highest BCUT2D eigenvalue weighted by Crippen LogP contribution is 2.28. The Bertz CT molecular complexity index is 802. The molecule has 0 unspecified atom stereocenters. The summed E-state index contributed by atoms with van der Waals surface area (Å²) in [6, 6.07) is 24.1. The number of rotatable bonds is 4. The van der Waals surface area contributed by atoms with Gasteiger partial charge >= 0.3 is 0 Å². The van der Waals surface area contributed by atoms with E-state index >= 15 is 0 Å². The van der Waals surface area contributed by atoms with Gasteiger partial charge in [-0.05, 0) is 64.7 Å². The molecule has 3 aromatic carbocycles. The fraction of sp³-hybridized carbons (Fsp3) is 0.0476. The second-order valence-corrected chi connectivity index (χ2v) is 6.32. The molecule has 0 saturated heterocycles. The van der Waals surface area contributed by atoms with Crippen molar-refractivity contribution in [3.8, 4) is 0 Å². The first-order valence-electron chi connectivity index (χ1n) is 7.67. The molecule has 120 valence electrons. The van der Waals surface area contributed by atoms with Crippen LogP contribution in [0.4, 0.5) is 5.69 Å². The van der Waals surface area contributed by atoms with Crippen LogP contribution in [0, 0.1) is 0 Å². The van der Waals surface area contributed by atoms with Crippen molar-refractivity contribution in [1.82, 2.24) is 0 Å². The maximum absolute atomic E-state index is 6.04. The molecule has 3 aromatic rings. The van der Waals surface area contributed by atoms with E-state index in [1.165, 1.54) is 0 Å². The van der Waals surface area contributed by atoms with E-state index in [-0.39, 0.29) is 0 Å². The molecule has 3 rings (SSSR count). The van der Waals surface area contributed by atoms with Gasteiger partial charge in [0.2, 0.25) is 0 Å². The van der Waals surface area contributed by atoms with E-state index in [4.69, 9.17) is 23.2 Å². The predicted octanol–water partition coefficient (Wildman–Crippen LogP) is 6.62. The van der Waals surface area contributed by atoms with E-state index in [9.17, 15) is 0 Å². The van der Waals surface area contributed by atoms with Crippen molar-refractivity contribution in [2.45, 2.75) is 0 Å². The fourth-order valence-electron chi connectivity index (χ4n) is 2.54. The molecule has 0 aliphatic carbocycles. The van der Waals surface area contributed by atoms with Gasteiger partial charge in [0.15, 0.2) is 0 Å². The van der Waals surface area contributed by atoms with Crippen molar-refractivity contribution in [3.63, 3.8) is 0 Å². The van der Waals surface area contributed by atoms with Gasteiger partial charge in [0, 0.05) is 22.8 Å². The highest BCUT2D eigenvalue weighted by atomic mass is 35.5. The lowest BCUT2D eigenvalue weighted by Gasteiger charge is -2.10. The summed E-state index contributed by atoms with van der Waals surface area (Å²) >= 11 is 12.1. The lowest BCUT2D eigenvalue weighted by atomic mass is 9.95. The first-order chi connectivity index (χ1) is 11.7. The van der Waals surface area contributed by atoms with E-state index in [0.717, 1.165) is 38.0 Å². The molecule has 0 aliphatic heterocycles. The van der Waals surface area contributed by atoms with Gasteiger partial charge in [0.05, 0.1) is 0 Å². The molecule has 24 heavy (non-hydrogen) atoms. The Morgan fingerprint density at radius 1 is 0.792 bits per heavy atom. The zero-order chi connectivity index (χ0) is 16.9. The summed E-state index contributed by atoms with van der Waals surface area (Å²) in [4.78, 5) is 0. The summed E-state index contributed by atoms with van der Waals surface area (Å²) in [5, 5.41) is 4.63. The first-order valence-corrected chi connectivity index (χ1v) is 8.43. The number of hydrogen-bond donors (Lipinski definition) is 1. The van der Waals surface area contributed by atoms with Gasteiger partial charge in [0.1, 0.15) is 0 Å². The smallest absolute Gasteiger partial charge is 0.0406 e. The van der Waals surface area contributed by atoms with Gasteiger partial charge in [-0.1, -0.05) is 59.6 Å². The third-order valence-corrected chi connectivity index (χ3v) is 4.30. The predicted molar refractivity (Wildman–Crippen MR) is 106 cm³/mol. The van der Waals surface area contributed by atoms with Gasteiger partial charge in [-0.3, -0.25) is 0 Å². The van der Waals surface area contributed by atoms with Crippen molar-refractivity contribution < 1.29 is 0 Å². The summed E-state index contributed by atoms with van der Waals surface area (Å²) in [6.07, 6.45) is 2.17. The van der Waals surface area contributed by atoms with Crippen LogP contribution in [-0.2, 0) is 0 Å². The molecule has 0 saturated carbocycles. The fourth-order valence-corrected chi connectivity index (χ4v) is 2.79. The molecule has 0 aromatic heterocycles. The molecule has 3 heteroatoms. The molecule has 0 radical (unpaired) electrons. The lowest BCUT2D eigenvalue weighted by molar-refractivity contribution is 1.50. The number of nitrogens with one attached hydrogen (secondary N) is 1. The number of anilines is 1. The maximum Gasteiger partial charge on any atom is 0.0406 e. The Morgan fingerprint density at radius 3 is 1.83 bits per heavy atom. The van der Waals surface area contributed by atoms with E-state index in [1.54, 1.807) is 0 Å². The minimum Gasteiger partial charge on any atom is -0.388 e. The van der Waals surface area contributed by atoms with Crippen LogP contribution < -0.4 is 5.32 Å². The Hall–Kier alpha value is -2.22. The van der Waals surface area contributed by atoms with E-state index in [1.807, 2.05) is 67.7 Å². The van der Waals surface area contributed by atoms with Crippen molar-refractivity contribution >= 4 is 40.5 Å². The molecule has 0 fully saturated rings. The molecule has 1 N–H and O–H groups in total. The molecule has 0 amide bonds. The molecule has 0 spiro atoms. The van der Waals surface area contributed by atoms with Crippen LogP contribution in [0.25, 0.3) is 11.6 Å². The Labute approximate surface area is 152 Å². The van der Waals surface area contributed by atoms with Crippen LogP contribution in [0.3, 0.4) is 0 Å². The largest absolute Gasteiger partial charge is 0.388 e. The van der Waals surface area contributed by atoms with Gasteiger partial charge in [-0.25, -0.2) is 0 Å². The average Bonchev–Trinajstić information content (AvgIpc) is 2.62. The lowest BCUT2D eigenvalue weighted by Crippen LogP contribution is -1.90. The molecule has 0 heterocycles. The summed E-state index contributed by atoms with van der Waals surface area (Å²) in [5.41, 5.74) is 5.54. The Morgan fingerprint density at radius 2 is 1.33 bits per heavy atom. The summed E-state index contributed by atoms with van der Waals surface area (Å²) in [5.74, 6) is 0. The minimum absolute atomic E-state index is 0.728. The van der Waals surface area contributed by atoms with Gasteiger partial charge in [-0.15, -0.1) is 0 Å². The van der Waals surface area contributed by atoms with Crippen LogP contribution in [0.2, 0.25) is 10.0 Å². The molecule has 0 atom stereocenters. The monoisotopic (exact) mass is 353 g/mol. The van der Waals surface area contributed by atoms with Crippen molar-refractivity contribution in [3.05, 3.63) is 99.5 Å². The second kappa shape index (κ2) is 7.57. The molecular weight excluding hydrogens is 337 g/mol. The summed E-state index contributed by atoms with van der Waals surface area (Å²) in [7, 11) is 1.92. The van der Waals surface area contributed by atoms with E-state index in [2.05, 4.69) is 23.5 Å². The molecular formula is C21H17Cl2N. The second-order valence-electron chi connectivity index (χ2n) is 5.45. The minimum atomic E-state index is 0.728. The Balaban J connectivity index is 2.11. The van der Waals surface area contributed by atoms with Crippen molar-refractivity contribution in [2.24, 2.45) is 0 Å². The van der Waals surface area contributed by atoms with Gasteiger partial charge in [0.25, 0.3) is 0 Å².